The van der Waals surface area contributed by atoms with Crippen LogP contribution < -0.4 is 0 Å². The Morgan fingerprint density at radius 3 is 2.79 bits per heavy atom. The second-order valence-electron chi connectivity index (χ2n) is 5.10. The topological polar surface area (TPSA) is 88.1 Å². The van der Waals surface area contributed by atoms with Crippen molar-refractivity contribution in [2.75, 3.05) is 5.75 Å². The number of nitrogens with zero attached hydrogens (tertiary/aromatic N) is 5. The molecule has 0 bridgehead atoms. The Morgan fingerprint density at radius 2 is 2.04 bits per heavy atom. The van der Waals surface area contributed by atoms with E-state index in [1.54, 1.807) is 24.2 Å². The van der Waals surface area contributed by atoms with Gasteiger partial charge in [-0.15, -0.1) is 16.9 Å². The fourth-order valence-corrected chi connectivity index (χ4v) is 3.24. The summed E-state index contributed by atoms with van der Waals surface area (Å²) in [6.45, 7) is 0.799. The number of benzene rings is 1. The lowest BCUT2D eigenvalue weighted by Gasteiger charge is -2.08. The van der Waals surface area contributed by atoms with Crippen LogP contribution in [-0.4, -0.2) is 40.7 Å². The van der Waals surface area contributed by atoms with Gasteiger partial charge in [-0.25, -0.2) is 9.97 Å². The van der Waals surface area contributed by atoms with Gasteiger partial charge in [0.15, 0.2) is 5.82 Å². The van der Waals surface area contributed by atoms with E-state index in [0.717, 1.165) is 40.1 Å². The maximum atomic E-state index is 4.62. The van der Waals surface area contributed by atoms with Gasteiger partial charge in [0.1, 0.15) is 10.7 Å². The van der Waals surface area contributed by atoms with Gasteiger partial charge in [-0.05, 0) is 0 Å². The lowest BCUT2D eigenvalue weighted by molar-refractivity contribution is 0.773. The van der Waals surface area contributed by atoms with E-state index in [4.69, 9.17) is 0 Å². The first kappa shape index (κ1) is 14.7. The quantitative estimate of drug-likeness (QED) is 0.528. The third-order valence-corrected chi connectivity index (χ3v) is 4.46. The van der Waals surface area contributed by atoms with Gasteiger partial charge in [-0.3, -0.25) is 0 Å². The van der Waals surface area contributed by atoms with E-state index in [1.165, 1.54) is 0 Å². The number of rotatable bonds is 6. The lowest BCUT2D eigenvalue weighted by atomic mass is 10.1. The largest absolute Gasteiger partial charge is 0.343 e. The summed E-state index contributed by atoms with van der Waals surface area (Å²) in [5.41, 5.74) is 3.00. The number of aromatic amines is 2. The Balaban J connectivity index is 1.63. The monoisotopic (exact) mass is 337 g/mol. The molecule has 4 aromatic rings. The smallest absolute Gasteiger partial charge is 0.156 e. The molecule has 0 aliphatic rings. The van der Waals surface area contributed by atoms with Crippen LogP contribution >= 0.6 is 11.8 Å². The molecule has 2 N–H and O–H groups in total. The number of aromatic nitrogens is 7. The highest BCUT2D eigenvalue weighted by Crippen LogP contribution is 2.29. The van der Waals surface area contributed by atoms with Crippen molar-refractivity contribution < 1.29 is 0 Å². The van der Waals surface area contributed by atoms with Crippen LogP contribution in [0.3, 0.4) is 0 Å². The van der Waals surface area contributed by atoms with E-state index < -0.39 is 0 Å². The van der Waals surface area contributed by atoms with Gasteiger partial charge in [-0.2, -0.15) is 10.3 Å². The van der Waals surface area contributed by atoms with Crippen LogP contribution in [0.5, 0.6) is 0 Å². The van der Waals surface area contributed by atoms with E-state index in [9.17, 15) is 0 Å². The van der Waals surface area contributed by atoms with Gasteiger partial charge in [0, 0.05) is 30.3 Å². The Hall–Kier alpha value is -2.87. The first-order valence-electron chi connectivity index (χ1n) is 7.50. The molecule has 0 radical (unpaired) electrons. The van der Waals surface area contributed by atoms with Gasteiger partial charge < -0.3 is 9.55 Å². The number of imidazole rings is 2. The zero-order chi connectivity index (χ0) is 16.2. The fraction of sp³-hybridized carbons (Fsp3) is 0.125. The molecule has 0 unspecified atom stereocenters. The van der Waals surface area contributed by atoms with Crippen LogP contribution in [0, 0.1) is 0 Å². The highest BCUT2D eigenvalue weighted by molar-refractivity contribution is 7.99. The summed E-state index contributed by atoms with van der Waals surface area (Å²) in [7, 11) is 0. The molecule has 8 heteroatoms. The summed E-state index contributed by atoms with van der Waals surface area (Å²) < 4.78 is 2.12. The van der Waals surface area contributed by atoms with Crippen molar-refractivity contribution >= 4 is 11.8 Å². The third kappa shape index (κ3) is 2.95. The van der Waals surface area contributed by atoms with Gasteiger partial charge in [0.05, 0.1) is 18.2 Å². The van der Waals surface area contributed by atoms with Crippen LogP contribution in [0.2, 0.25) is 0 Å². The van der Waals surface area contributed by atoms with Gasteiger partial charge in [0.2, 0.25) is 0 Å². The molecule has 0 saturated heterocycles. The Bertz CT molecular complexity index is 882. The normalized spacial score (nSPS) is 11.0. The number of thioether (sulfide) groups is 1. The van der Waals surface area contributed by atoms with Gasteiger partial charge in [-0.1, -0.05) is 30.3 Å². The molecule has 24 heavy (non-hydrogen) atoms. The van der Waals surface area contributed by atoms with Crippen molar-refractivity contribution in [3.8, 4) is 22.8 Å². The fourth-order valence-electron chi connectivity index (χ4n) is 2.51. The zero-order valence-corrected chi connectivity index (χ0v) is 13.6. The summed E-state index contributed by atoms with van der Waals surface area (Å²) in [6.07, 6.45) is 7.17. The number of H-pyrrole nitrogens is 2. The summed E-state index contributed by atoms with van der Waals surface area (Å²) in [4.78, 5) is 12.2. The molecule has 0 aliphatic carbocycles. The Labute approximate surface area is 142 Å². The molecule has 0 fully saturated rings. The van der Waals surface area contributed by atoms with Crippen LogP contribution in [-0.2, 0) is 6.54 Å². The van der Waals surface area contributed by atoms with Crippen LogP contribution in [0.25, 0.3) is 22.8 Å². The molecule has 3 heterocycles. The van der Waals surface area contributed by atoms with Gasteiger partial charge in [0.25, 0.3) is 0 Å². The summed E-state index contributed by atoms with van der Waals surface area (Å²) in [6, 6.07) is 10.1. The predicted octanol–water partition coefficient (Wildman–Crippen LogP) is 2.85. The molecule has 7 nitrogen and oxygen atoms in total. The number of nitrogens with one attached hydrogen (secondary N) is 2. The average molecular weight is 337 g/mol. The minimum Gasteiger partial charge on any atom is -0.343 e. The van der Waals surface area contributed by atoms with E-state index in [1.807, 2.05) is 30.7 Å². The molecule has 1 aromatic carbocycles. The number of hydrogen-bond acceptors (Lipinski definition) is 5. The highest BCUT2D eigenvalue weighted by Gasteiger charge is 2.16. The van der Waals surface area contributed by atoms with Gasteiger partial charge >= 0.3 is 0 Å². The number of hydrogen-bond donors (Lipinski definition) is 2. The van der Waals surface area contributed by atoms with Crippen molar-refractivity contribution in [1.29, 1.82) is 0 Å². The van der Waals surface area contributed by atoms with Crippen LogP contribution in [0.1, 0.15) is 0 Å². The lowest BCUT2D eigenvalue weighted by Crippen LogP contribution is -2.02. The molecule has 3 aromatic heterocycles. The summed E-state index contributed by atoms with van der Waals surface area (Å²) >= 11 is 1.65. The molecule has 0 amide bonds. The third-order valence-electron chi connectivity index (χ3n) is 3.58. The van der Waals surface area contributed by atoms with Crippen molar-refractivity contribution in [3.63, 3.8) is 0 Å². The van der Waals surface area contributed by atoms with Crippen LogP contribution in [0.4, 0.5) is 0 Å². The second-order valence-corrected chi connectivity index (χ2v) is 6.21. The SMILES string of the molecule is c1ccc(-c2ncn(CCSc3cn[nH]n3)c2-c2ncc[nH]2)cc1. The standard InChI is InChI=1S/C16H15N7S/c1-2-4-12(5-3-1)14-15(16-17-6-7-18-16)23(11-19-14)8-9-24-13-10-20-22-21-13/h1-7,10-11H,8-9H2,(H,17,18)(H,20,21,22). The molecule has 0 atom stereocenters. The van der Waals surface area contributed by atoms with Crippen molar-refractivity contribution in [2.24, 2.45) is 0 Å². The first-order chi connectivity index (χ1) is 11.9. The molecule has 4 rings (SSSR count). The van der Waals surface area contributed by atoms with E-state index in [-0.39, 0.29) is 0 Å². The van der Waals surface area contributed by atoms with Crippen molar-refractivity contribution in [3.05, 3.63) is 55.2 Å². The molecule has 0 aliphatic heterocycles. The highest BCUT2D eigenvalue weighted by atomic mass is 32.2. The Morgan fingerprint density at radius 1 is 1.12 bits per heavy atom. The predicted molar refractivity (Wildman–Crippen MR) is 92.4 cm³/mol. The first-order valence-corrected chi connectivity index (χ1v) is 8.49. The summed E-state index contributed by atoms with van der Waals surface area (Å²) in [5, 5.41) is 11.4. The molecule has 0 saturated carbocycles. The zero-order valence-electron chi connectivity index (χ0n) is 12.8. The minimum atomic E-state index is 0.799. The molecular formula is C16H15N7S. The maximum absolute atomic E-state index is 4.62. The molecule has 0 spiro atoms. The van der Waals surface area contributed by atoms with Crippen molar-refractivity contribution in [1.82, 2.24) is 34.9 Å². The Kier molecular flexibility index (Phi) is 4.11. The van der Waals surface area contributed by atoms with Crippen molar-refractivity contribution in [2.45, 2.75) is 11.6 Å². The van der Waals surface area contributed by atoms with E-state index >= 15 is 0 Å². The number of aryl methyl sites for hydroxylation is 1. The van der Waals surface area contributed by atoms with E-state index in [2.05, 4.69) is 47.1 Å². The second kappa shape index (κ2) is 6.71. The molecule has 120 valence electrons. The average Bonchev–Trinajstić information content (AvgIpc) is 3.37. The summed E-state index contributed by atoms with van der Waals surface area (Å²) in [5.74, 6) is 1.68. The minimum absolute atomic E-state index is 0.799. The maximum Gasteiger partial charge on any atom is 0.156 e. The van der Waals surface area contributed by atoms with E-state index in [0.29, 0.717) is 0 Å². The van der Waals surface area contributed by atoms with Crippen LogP contribution in [0.15, 0.2) is 60.3 Å². The molecular weight excluding hydrogens is 322 g/mol.